The van der Waals surface area contributed by atoms with Gasteiger partial charge in [0.05, 0.1) is 22.1 Å². The summed E-state index contributed by atoms with van der Waals surface area (Å²) in [5.41, 5.74) is 3.62. The van der Waals surface area contributed by atoms with Gasteiger partial charge in [-0.15, -0.1) is 0 Å². The summed E-state index contributed by atoms with van der Waals surface area (Å²) < 4.78 is 99.1. The third kappa shape index (κ3) is 8.21. The van der Waals surface area contributed by atoms with Crippen molar-refractivity contribution in [1.29, 1.82) is 0 Å². The van der Waals surface area contributed by atoms with Gasteiger partial charge in [0.1, 0.15) is 5.76 Å². The van der Waals surface area contributed by atoms with Gasteiger partial charge in [-0.1, -0.05) is 54.1 Å². The quantitative estimate of drug-likeness (QED) is 0.175. The van der Waals surface area contributed by atoms with Gasteiger partial charge in [0.15, 0.2) is 9.84 Å². The first-order chi connectivity index (χ1) is 21.0. The molecule has 0 bridgehead atoms. The number of carbonyl (C=O) groups is 1. The van der Waals surface area contributed by atoms with Gasteiger partial charge in [-0.3, -0.25) is 4.79 Å². The zero-order valence-corrected chi connectivity index (χ0v) is 26.4. The summed E-state index contributed by atoms with van der Waals surface area (Å²) in [5.74, 6) is -2.80. The largest absolute Gasteiger partial charge is 0.481 e. The smallest absolute Gasteiger partial charge is 0.449 e. The summed E-state index contributed by atoms with van der Waals surface area (Å²) in [7, 11) is -7.93. The molecule has 0 saturated carbocycles. The molecule has 8 nitrogen and oxygen atoms in total. The van der Waals surface area contributed by atoms with E-state index in [0.29, 0.717) is 27.8 Å². The molecular weight excluding hydrogens is 631 g/mol. The Balaban J connectivity index is 1.64. The number of alkyl halides is 3. The molecule has 3 aromatic carbocycles. The Morgan fingerprint density at radius 2 is 1.49 bits per heavy atom. The van der Waals surface area contributed by atoms with Crippen LogP contribution in [-0.2, 0) is 43.9 Å². The van der Waals surface area contributed by atoms with E-state index in [1.807, 2.05) is 6.92 Å². The summed E-state index contributed by atoms with van der Waals surface area (Å²) in [6.45, 7) is 4.52. The number of aryl methyl sites for hydroxylation is 3. The minimum absolute atomic E-state index is 0.0207. The standard InChI is InChI=1S/C32H32F3NO7S2/c1-21-16-22(2)31(23(3)17-21)45(41,42)36(20-27-13-14-29(43-27)32(33,34)35)19-24-9-11-25(12-10-24)26-6-4-7-28(18-26)44(39,40)15-5-8-30(37)38/h4,6-7,9-14,16-18H,5,8,15,19-20H2,1-3H3,(H,37,38). The molecule has 1 heterocycles. The van der Waals surface area contributed by atoms with Crippen molar-refractivity contribution in [1.82, 2.24) is 4.31 Å². The predicted octanol–water partition coefficient (Wildman–Crippen LogP) is 6.92. The Bertz CT molecular complexity index is 1890. The minimum atomic E-state index is -4.73. The number of halogens is 3. The van der Waals surface area contributed by atoms with E-state index in [1.165, 1.54) is 12.1 Å². The lowest BCUT2D eigenvalue weighted by Gasteiger charge is -2.24. The molecule has 0 spiro atoms. The normalized spacial score (nSPS) is 12.5. The van der Waals surface area contributed by atoms with Crippen molar-refractivity contribution < 1.29 is 44.3 Å². The molecular formula is C32H32F3NO7S2. The number of sulfone groups is 1. The predicted molar refractivity (Wildman–Crippen MR) is 162 cm³/mol. The van der Waals surface area contributed by atoms with Gasteiger partial charge in [-0.05, 0) is 79.3 Å². The summed E-state index contributed by atoms with van der Waals surface area (Å²) in [6.07, 6.45) is -5.01. The highest BCUT2D eigenvalue weighted by Crippen LogP contribution is 2.33. The van der Waals surface area contributed by atoms with Crippen molar-refractivity contribution in [3.63, 3.8) is 0 Å². The van der Waals surface area contributed by atoms with Crippen LogP contribution in [0.5, 0.6) is 0 Å². The number of hydrogen-bond donors (Lipinski definition) is 1. The molecule has 0 unspecified atom stereocenters. The molecule has 0 aliphatic heterocycles. The second-order valence-corrected chi connectivity index (χ2v) is 14.8. The fourth-order valence-electron chi connectivity index (χ4n) is 5.12. The Hall–Kier alpha value is -3.94. The zero-order valence-electron chi connectivity index (χ0n) is 24.8. The van der Waals surface area contributed by atoms with E-state index in [9.17, 15) is 34.8 Å². The first-order valence-electron chi connectivity index (χ1n) is 13.9. The molecule has 0 atom stereocenters. The Labute approximate surface area is 260 Å². The number of aliphatic carboxylic acids is 1. The Morgan fingerprint density at radius 1 is 0.844 bits per heavy atom. The van der Waals surface area contributed by atoms with E-state index in [2.05, 4.69) is 0 Å². The number of sulfonamides is 1. The lowest BCUT2D eigenvalue weighted by molar-refractivity contribution is -0.153. The van der Waals surface area contributed by atoms with Crippen LogP contribution < -0.4 is 0 Å². The second-order valence-electron chi connectivity index (χ2n) is 10.8. The first-order valence-corrected chi connectivity index (χ1v) is 16.9. The van der Waals surface area contributed by atoms with Gasteiger partial charge in [-0.25, -0.2) is 16.8 Å². The zero-order chi connectivity index (χ0) is 33.2. The molecule has 13 heteroatoms. The second kappa shape index (κ2) is 13.2. The van der Waals surface area contributed by atoms with Crippen LogP contribution in [0.25, 0.3) is 11.1 Å². The number of carboxylic acids is 1. The Morgan fingerprint density at radius 3 is 2.07 bits per heavy atom. The van der Waals surface area contributed by atoms with Crippen LogP contribution in [0.4, 0.5) is 13.2 Å². The number of furan rings is 1. The average Bonchev–Trinajstić information content (AvgIpc) is 3.42. The van der Waals surface area contributed by atoms with Gasteiger partial charge in [0.2, 0.25) is 15.8 Å². The fourth-order valence-corrected chi connectivity index (χ4v) is 8.28. The van der Waals surface area contributed by atoms with Crippen molar-refractivity contribution in [3.05, 3.63) is 107 Å². The maximum Gasteiger partial charge on any atom is 0.449 e. The maximum atomic E-state index is 14.0. The van der Waals surface area contributed by atoms with Crippen LogP contribution in [0.15, 0.2) is 87.0 Å². The first kappa shape index (κ1) is 33.9. The van der Waals surface area contributed by atoms with Gasteiger partial charge in [-0.2, -0.15) is 17.5 Å². The molecule has 1 aromatic heterocycles. The minimum Gasteiger partial charge on any atom is -0.481 e. The van der Waals surface area contributed by atoms with Gasteiger partial charge >= 0.3 is 12.1 Å². The van der Waals surface area contributed by atoms with Gasteiger partial charge in [0, 0.05) is 13.0 Å². The summed E-state index contributed by atoms with van der Waals surface area (Å²) in [6, 6.07) is 18.2. The maximum absolute atomic E-state index is 14.0. The molecule has 0 aliphatic rings. The van der Waals surface area contributed by atoms with Crippen molar-refractivity contribution in [2.75, 3.05) is 5.75 Å². The van der Waals surface area contributed by atoms with E-state index in [4.69, 9.17) is 9.52 Å². The Kier molecular flexibility index (Phi) is 9.95. The van der Waals surface area contributed by atoms with Gasteiger partial charge < -0.3 is 9.52 Å². The number of hydrogen-bond acceptors (Lipinski definition) is 6. The van der Waals surface area contributed by atoms with E-state index in [-0.39, 0.29) is 40.7 Å². The fraction of sp³-hybridized carbons (Fsp3) is 0.281. The van der Waals surface area contributed by atoms with E-state index < -0.39 is 44.3 Å². The van der Waals surface area contributed by atoms with Crippen LogP contribution in [0, 0.1) is 20.8 Å². The van der Waals surface area contributed by atoms with Crippen molar-refractivity contribution in [2.24, 2.45) is 0 Å². The lowest BCUT2D eigenvalue weighted by atomic mass is 10.0. The number of carboxylic acid groups (broad SMARTS) is 1. The summed E-state index contributed by atoms with van der Waals surface area (Å²) in [4.78, 5) is 10.9. The van der Waals surface area contributed by atoms with Crippen LogP contribution in [0.1, 0.15) is 46.6 Å². The number of rotatable bonds is 12. The van der Waals surface area contributed by atoms with E-state index in [0.717, 1.165) is 22.0 Å². The molecule has 1 N–H and O–H groups in total. The molecule has 240 valence electrons. The summed E-state index contributed by atoms with van der Waals surface area (Å²) >= 11 is 0. The molecule has 0 aliphatic carbocycles. The monoisotopic (exact) mass is 663 g/mol. The molecule has 4 rings (SSSR count). The molecule has 0 saturated heterocycles. The summed E-state index contributed by atoms with van der Waals surface area (Å²) in [5, 5.41) is 8.81. The van der Waals surface area contributed by atoms with Gasteiger partial charge in [0.25, 0.3) is 0 Å². The van der Waals surface area contributed by atoms with E-state index in [1.54, 1.807) is 62.4 Å². The van der Waals surface area contributed by atoms with Crippen LogP contribution in [0.3, 0.4) is 0 Å². The molecule has 45 heavy (non-hydrogen) atoms. The van der Waals surface area contributed by atoms with Crippen LogP contribution in [0.2, 0.25) is 0 Å². The third-order valence-electron chi connectivity index (χ3n) is 7.12. The third-order valence-corrected chi connectivity index (χ3v) is 11.0. The van der Waals surface area contributed by atoms with Crippen LogP contribution in [-0.4, -0.2) is 38.0 Å². The van der Waals surface area contributed by atoms with Crippen molar-refractivity contribution in [3.8, 4) is 11.1 Å². The van der Waals surface area contributed by atoms with Crippen molar-refractivity contribution >= 4 is 25.8 Å². The lowest BCUT2D eigenvalue weighted by Crippen LogP contribution is -2.31. The highest BCUT2D eigenvalue weighted by Gasteiger charge is 2.36. The average molecular weight is 664 g/mol. The molecule has 0 fully saturated rings. The number of benzene rings is 3. The highest BCUT2D eigenvalue weighted by atomic mass is 32.2. The topological polar surface area (TPSA) is 122 Å². The molecule has 0 radical (unpaired) electrons. The molecule has 0 amide bonds. The number of nitrogens with zero attached hydrogens (tertiary/aromatic N) is 1. The molecule has 4 aromatic rings. The van der Waals surface area contributed by atoms with Crippen molar-refractivity contribution in [2.45, 2.75) is 62.7 Å². The van der Waals surface area contributed by atoms with Crippen LogP contribution >= 0.6 is 0 Å². The highest BCUT2D eigenvalue weighted by molar-refractivity contribution is 7.91. The SMILES string of the molecule is Cc1cc(C)c(S(=O)(=O)N(Cc2ccc(-c3cccc(S(=O)(=O)CCCC(=O)O)c3)cc2)Cc2ccc(C(F)(F)F)o2)c(C)c1. The van der Waals surface area contributed by atoms with E-state index >= 15 is 0 Å².